The molecule has 39 heavy (non-hydrogen) atoms. The van der Waals surface area contributed by atoms with Crippen molar-refractivity contribution in [2.45, 2.75) is 26.9 Å². The number of nitrogens with one attached hydrogen (secondary N) is 1. The van der Waals surface area contributed by atoms with Gasteiger partial charge in [0, 0.05) is 5.39 Å². The van der Waals surface area contributed by atoms with Crippen molar-refractivity contribution < 1.29 is 22.8 Å². The Kier molecular flexibility index (Phi) is 6.47. The predicted octanol–water partition coefficient (Wildman–Crippen LogP) is 6.44. The van der Waals surface area contributed by atoms with Crippen molar-refractivity contribution in [3.05, 3.63) is 93.7 Å². The van der Waals surface area contributed by atoms with Crippen LogP contribution in [-0.4, -0.2) is 26.6 Å². The van der Waals surface area contributed by atoms with Crippen LogP contribution in [-0.2, 0) is 6.18 Å². The zero-order valence-electron chi connectivity index (χ0n) is 21.1. The Labute approximate surface area is 225 Å². The first-order valence-corrected chi connectivity index (χ1v) is 12.6. The van der Waals surface area contributed by atoms with Crippen LogP contribution in [0.15, 0.2) is 60.7 Å². The number of nitrogens with two attached hydrogens (primary N) is 1. The summed E-state index contributed by atoms with van der Waals surface area (Å²) in [5, 5.41) is 7.44. The number of aryl methyl sites for hydroxylation is 2. The van der Waals surface area contributed by atoms with E-state index in [-0.39, 0.29) is 31.9 Å². The van der Waals surface area contributed by atoms with E-state index in [0.717, 1.165) is 17.3 Å². The molecule has 0 fully saturated rings. The van der Waals surface area contributed by atoms with Crippen molar-refractivity contribution in [2.24, 2.45) is 5.73 Å². The molecule has 3 heterocycles. The number of fused-ring (bicyclic) bond motifs is 1. The maximum absolute atomic E-state index is 13.8. The Hall–Kier alpha value is -4.51. The zero-order valence-corrected chi connectivity index (χ0v) is 21.9. The summed E-state index contributed by atoms with van der Waals surface area (Å²) in [6.07, 6.45) is -4.73. The number of nitrogens with zero attached hydrogens (tertiary/aromatic N) is 3. The van der Waals surface area contributed by atoms with Gasteiger partial charge in [0.05, 0.1) is 28.3 Å². The molecule has 198 valence electrons. The molecule has 0 atom stereocenters. The second-order valence-corrected chi connectivity index (χ2v) is 10.0. The molecule has 0 aliphatic carbocycles. The lowest BCUT2D eigenvalue weighted by molar-refractivity contribution is -0.140. The maximum Gasteiger partial charge on any atom is 0.433 e. The molecule has 7 nitrogen and oxygen atoms in total. The number of aromatic nitrogens is 3. The summed E-state index contributed by atoms with van der Waals surface area (Å²) >= 11 is 0.701. The molecule has 0 saturated heterocycles. The highest BCUT2D eigenvalue weighted by Crippen LogP contribution is 2.44. The summed E-state index contributed by atoms with van der Waals surface area (Å²) in [6, 6.07) is 17.0. The molecule has 0 radical (unpaired) electrons. The number of thiophene rings is 1. The lowest BCUT2D eigenvalue weighted by Gasteiger charge is -2.13. The number of benzene rings is 2. The minimum absolute atomic E-state index is 0.00978. The highest BCUT2D eigenvalue weighted by Gasteiger charge is 2.35. The first kappa shape index (κ1) is 26.1. The number of primary amides is 1. The molecule has 0 aliphatic rings. The average molecular weight is 550 g/mol. The van der Waals surface area contributed by atoms with Crippen molar-refractivity contribution in [3.8, 4) is 16.8 Å². The van der Waals surface area contributed by atoms with Gasteiger partial charge in [0.25, 0.3) is 11.8 Å². The lowest BCUT2D eigenvalue weighted by atomic mass is 10.00. The van der Waals surface area contributed by atoms with Crippen LogP contribution in [0.3, 0.4) is 0 Å². The lowest BCUT2D eigenvalue weighted by Crippen LogP contribution is -2.18. The molecule has 2 amide bonds. The monoisotopic (exact) mass is 549 g/mol. The van der Waals surface area contributed by atoms with Gasteiger partial charge >= 0.3 is 6.18 Å². The van der Waals surface area contributed by atoms with Gasteiger partial charge in [0.15, 0.2) is 0 Å². The van der Waals surface area contributed by atoms with E-state index in [1.807, 2.05) is 37.3 Å². The number of hydrogen-bond acceptors (Lipinski definition) is 5. The summed E-state index contributed by atoms with van der Waals surface area (Å²) in [7, 11) is 0. The Balaban J connectivity index is 1.70. The first-order chi connectivity index (χ1) is 18.5. The smallest absolute Gasteiger partial charge is 0.365 e. The van der Waals surface area contributed by atoms with E-state index in [1.165, 1.54) is 0 Å². The van der Waals surface area contributed by atoms with Gasteiger partial charge in [-0.25, -0.2) is 9.67 Å². The fraction of sp³-hybridized carbons (Fsp3) is 0.143. The van der Waals surface area contributed by atoms with Crippen molar-refractivity contribution in [1.29, 1.82) is 0 Å². The first-order valence-electron chi connectivity index (χ1n) is 11.8. The average Bonchev–Trinajstić information content (AvgIpc) is 3.40. The number of pyridine rings is 1. The number of hydrogen-bond donors (Lipinski definition) is 2. The number of amides is 2. The Morgan fingerprint density at radius 1 is 1.00 bits per heavy atom. The van der Waals surface area contributed by atoms with Crippen molar-refractivity contribution in [3.63, 3.8) is 0 Å². The second-order valence-electron chi connectivity index (χ2n) is 9.02. The third kappa shape index (κ3) is 4.76. The summed E-state index contributed by atoms with van der Waals surface area (Å²) in [5.74, 6) is -1.48. The van der Waals surface area contributed by atoms with E-state index in [2.05, 4.69) is 15.4 Å². The van der Waals surface area contributed by atoms with Crippen molar-refractivity contribution in [1.82, 2.24) is 14.8 Å². The van der Waals surface area contributed by atoms with E-state index in [0.29, 0.717) is 28.3 Å². The van der Waals surface area contributed by atoms with Crippen LogP contribution in [0, 0.1) is 20.8 Å². The molecular formula is C28H22F3N5O2S. The number of rotatable bonds is 5. The minimum Gasteiger partial charge on any atom is -0.365 e. The molecule has 0 spiro atoms. The number of carbonyl (C=O) groups excluding carboxylic acids is 2. The molecule has 5 aromatic rings. The largest absolute Gasteiger partial charge is 0.433 e. The van der Waals surface area contributed by atoms with Gasteiger partial charge in [-0.1, -0.05) is 48.0 Å². The number of para-hydroxylation sites is 1. The molecule has 0 bridgehead atoms. The SMILES string of the molecule is Cc1ccc(-c2cc(C(F)(F)F)nc3sc(C(N)=O)c(NC(=O)c4c(C)nn(-c5ccccc5)c4C)c23)cc1. The van der Waals surface area contributed by atoms with Crippen molar-refractivity contribution >= 4 is 39.1 Å². The van der Waals surface area contributed by atoms with Crippen LogP contribution in [0.5, 0.6) is 0 Å². The number of anilines is 1. The molecule has 2 aromatic carbocycles. The van der Waals surface area contributed by atoms with Gasteiger partial charge in [0.2, 0.25) is 0 Å². The Morgan fingerprint density at radius 2 is 1.67 bits per heavy atom. The molecule has 0 saturated carbocycles. The molecule has 11 heteroatoms. The molecule has 3 N–H and O–H groups in total. The number of halogens is 3. The van der Waals surface area contributed by atoms with Crippen LogP contribution in [0.2, 0.25) is 0 Å². The van der Waals surface area contributed by atoms with E-state index in [1.54, 1.807) is 42.8 Å². The zero-order chi connectivity index (χ0) is 28.1. The minimum atomic E-state index is -4.73. The fourth-order valence-corrected chi connectivity index (χ4v) is 5.47. The van der Waals surface area contributed by atoms with Crippen molar-refractivity contribution in [2.75, 3.05) is 5.32 Å². The number of carbonyl (C=O) groups is 2. The fourth-order valence-electron chi connectivity index (χ4n) is 4.47. The molecule has 0 aliphatic heterocycles. The molecule has 3 aromatic heterocycles. The van der Waals surface area contributed by atoms with Gasteiger partial charge in [-0.15, -0.1) is 11.3 Å². The Bertz CT molecular complexity index is 1740. The Morgan fingerprint density at radius 3 is 2.28 bits per heavy atom. The third-order valence-corrected chi connectivity index (χ3v) is 7.39. The molecule has 5 rings (SSSR count). The van der Waals surface area contributed by atoms with Gasteiger partial charge in [-0.2, -0.15) is 18.3 Å². The topological polar surface area (TPSA) is 103 Å². The standard InChI is InChI=1S/C28H22F3N5O2S/c1-14-9-11-17(12-10-14)19-13-20(28(29,30)31)33-27-22(19)23(24(39-27)25(32)37)34-26(38)21-15(2)35-36(16(21)3)18-7-5-4-6-8-18/h4-13H,1-3H3,(H2,32,37)(H,34,38). The highest BCUT2D eigenvalue weighted by molar-refractivity contribution is 7.21. The van der Waals surface area contributed by atoms with Gasteiger partial charge < -0.3 is 11.1 Å². The predicted molar refractivity (Wildman–Crippen MR) is 144 cm³/mol. The van der Waals surface area contributed by atoms with Crippen LogP contribution < -0.4 is 11.1 Å². The van der Waals surface area contributed by atoms with Crippen LogP contribution >= 0.6 is 11.3 Å². The van der Waals surface area contributed by atoms with E-state index in [4.69, 9.17) is 5.73 Å². The third-order valence-electron chi connectivity index (χ3n) is 6.30. The summed E-state index contributed by atoms with van der Waals surface area (Å²) in [4.78, 5) is 29.7. The summed E-state index contributed by atoms with van der Waals surface area (Å²) in [5.41, 5.74) is 8.07. The van der Waals surface area contributed by atoms with Gasteiger partial charge in [-0.05, 0) is 50.1 Å². The molecule has 0 unspecified atom stereocenters. The van der Waals surface area contributed by atoms with E-state index < -0.39 is 23.7 Å². The van der Waals surface area contributed by atoms with Crippen LogP contribution in [0.4, 0.5) is 18.9 Å². The van der Waals surface area contributed by atoms with Crippen LogP contribution in [0.25, 0.3) is 27.0 Å². The van der Waals surface area contributed by atoms with Gasteiger partial charge in [0.1, 0.15) is 15.4 Å². The quantitative estimate of drug-likeness (QED) is 0.263. The number of alkyl halides is 3. The molecular weight excluding hydrogens is 527 g/mol. The van der Waals surface area contributed by atoms with E-state index in [9.17, 15) is 22.8 Å². The maximum atomic E-state index is 13.8. The van der Waals surface area contributed by atoms with E-state index >= 15 is 0 Å². The summed E-state index contributed by atoms with van der Waals surface area (Å²) in [6.45, 7) is 5.27. The van der Waals surface area contributed by atoms with Crippen LogP contribution in [0.1, 0.15) is 42.7 Å². The van der Waals surface area contributed by atoms with Gasteiger partial charge in [-0.3, -0.25) is 9.59 Å². The normalized spacial score (nSPS) is 11.6. The summed E-state index contributed by atoms with van der Waals surface area (Å²) < 4.78 is 43.0. The second kappa shape index (κ2) is 9.66. The highest BCUT2D eigenvalue weighted by atomic mass is 32.1.